The number of amides is 1. The van der Waals surface area contributed by atoms with Gasteiger partial charge in [-0.2, -0.15) is 0 Å². The molecule has 0 aliphatic heterocycles. The fourth-order valence-corrected chi connectivity index (χ4v) is 3.00. The van der Waals surface area contributed by atoms with Crippen molar-refractivity contribution in [3.05, 3.63) is 84.1 Å². The number of carbonyl (C=O) groups is 1. The lowest BCUT2D eigenvalue weighted by Gasteiger charge is -2.08. The molecule has 0 saturated heterocycles. The summed E-state index contributed by atoms with van der Waals surface area (Å²) >= 11 is 0. The smallest absolute Gasteiger partial charge is 0.221 e. The van der Waals surface area contributed by atoms with Gasteiger partial charge in [0.1, 0.15) is 23.2 Å². The Labute approximate surface area is 179 Å². The Kier molecular flexibility index (Phi) is 5.89. The molecule has 0 saturated carbocycles. The Bertz CT molecular complexity index is 1210. The minimum Gasteiger partial charge on any atom is -0.326 e. The third kappa shape index (κ3) is 5.45. The van der Waals surface area contributed by atoms with Gasteiger partial charge in [0.15, 0.2) is 5.82 Å². The van der Waals surface area contributed by atoms with Crippen molar-refractivity contribution in [2.45, 2.75) is 20.3 Å². The highest BCUT2D eigenvalue weighted by molar-refractivity contribution is 5.88. The highest BCUT2D eigenvalue weighted by atomic mass is 16.1. The van der Waals surface area contributed by atoms with E-state index in [0.717, 1.165) is 22.6 Å². The van der Waals surface area contributed by atoms with Gasteiger partial charge in [-0.05, 0) is 48.9 Å². The first kappa shape index (κ1) is 20.1. The van der Waals surface area contributed by atoms with Gasteiger partial charge in [-0.15, -0.1) is 0 Å². The minimum absolute atomic E-state index is 0.0964. The van der Waals surface area contributed by atoms with Crippen molar-refractivity contribution in [3.8, 4) is 11.5 Å². The second kappa shape index (κ2) is 9.08. The molecule has 3 aromatic heterocycles. The fraction of sp³-hybridized carbons (Fsp3) is 0.130. The predicted molar refractivity (Wildman–Crippen MR) is 119 cm³/mol. The van der Waals surface area contributed by atoms with Crippen molar-refractivity contribution in [2.24, 2.45) is 0 Å². The maximum Gasteiger partial charge on any atom is 0.221 e. The van der Waals surface area contributed by atoms with Crippen LogP contribution in [0.15, 0.2) is 67.0 Å². The van der Waals surface area contributed by atoms with Crippen LogP contribution in [0.1, 0.15) is 24.0 Å². The molecular weight excluding hydrogens is 390 g/mol. The molecule has 154 valence electrons. The average molecular weight is 411 g/mol. The highest BCUT2D eigenvalue weighted by Gasteiger charge is 2.07. The summed E-state index contributed by atoms with van der Waals surface area (Å²) in [6, 6.07) is 16.9. The molecule has 1 aromatic carbocycles. The molecule has 8 nitrogen and oxygen atoms in total. The molecule has 0 bridgehead atoms. The van der Waals surface area contributed by atoms with E-state index in [4.69, 9.17) is 0 Å². The summed E-state index contributed by atoms with van der Waals surface area (Å²) in [6.07, 6.45) is 3.96. The Morgan fingerprint density at radius 3 is 2.35 bits per heavy atom. The SMILES string of the molecule is CC(=O)Nc1ccc(Cc2nccc(Nc3ccnc(-c4cccc(C)n4)n3)n2)cc1. The summed E-state index contributed by atoms with van der Waals surface area (Å²) in [5.74, 6) is 2.38. The largest absolute Gasteiger partial charge is 0.326 e. The van der Waals surface area contributed by atoms with Gasteiger partial charge in [-0.1, -0.05) is 18.2 Å². The topological polar surface area (TPSA) is 106 Å². The van der Waals surface area contributed by atoms with E-state index in [1.54, 1.807) is 24.5 Å². The van der Waals surface area contributed by atoms with Crippen molar-refractivity contribution in [1.29, 1.82) is 0 Å². The van der Waals surface area contributed by atoms with Crippen LogP contribution >= 0.6 is 0 Å². The highest BCUT2D eigenvalue weighted by Crippen LogP contribution is 2.18. The molecular formula is C23H21N7O. The van der Waals surface area contributed by atoms with Gasteiger partial charge in [0.25, 0.3) is 0 Å². The molecule has 0 atom stereocenters. The first-order chi connectivity index (χ1) is 15.0. The zero-order valence-electron chi connectivity index (χ0n) is 17.2. The number of anilines is 3. The zero-order chi connectivity index (χ0) is 21.6. The monoisotopic (exact) mass is 411 g/mol. The lowest BCUT2D eigenvalue weighted by molar-refractivity contribution is -0.114. The van der Waals surface area contributed by atoms with E-state index in [0.29, 0.717) is 29.7 Å². The van der Waals surface area contributed by atoms with Crippen LogP contribution in [-0.4, -0.2) is 30.8 Å². The van der Waals surface area contributed by atoms with Crippen LogP contribution in [0, 0.1) is 6.92 Å². The van der Waals surface area contributed by atoms with E-state index in [1.807, 2.05) is 49.4 Å². The Morgan fingerprint density at radius 2 is 1.61 bits per heavy atom. The second-order valence-electron chi connectivity index (χ2n) is 6.97. The summed E-state index contributed by atoms with van der Waals surface area (Å²) < 4.78 is 0. The molecule has 0 radical (unpaired) electrons. The van der Waals surface area contributed by atoms with E-state index in [2.05, 4.69) is 35.6 Å². The molecule has 0 spiro atoms. The predicted octanol–water partition coefficient (Wildman–Crippen LogP) is 3.93. The summed E-state index contributed by atoms with van der Waals surface area (Å²) in [5.41, 5.74) is 3.43. The maximum atomic E-state index is 11.1. The van der Waals surface area contributed by atoms with Crippen LogP contribution in [0.25, 0.3) is 11.5 Å². The van der Waals surface area contributed by atoms with Crippen LogP contribution in [-0.2, 0) is 11.2 Å². The number of carbonyl (C=O) groups excluding carboxylic acids is 1. The van der Waals surface area contributed by atoms with Crippen LogP contribution in [0.3, 0.4) is 0 Å². The summed E-state index contributed by atoms with van der Waals surface area (Å²) in [7, 11) is 0. The van der Waals surface area contributed by atoms with Crippen LogP contribution in [0.4, 0.5) is 17.3 Å². The molecule has 8 heteroatoms. The van der Waals surface area contributed by atoms with E-state index >= 15 is 0 Å². The number of aromatic nitrogens is 5. The first-order valence-corrected chi connectivity index (χ1v) is 9.78. The number of nitrogens with one attached hydrogen (secondary N) is 2. The van der Waals surface area contributed by atoms with Crippen LogP contribution in [0.2, 0.25) is 0 Å². The van der Waals surface area contributed by atoms with Gasteiger partial charge in [0, 0.05) is 37.1 Å². The number of benzene rings is 1. The summed E-state index contributed by atoms with van der Waals surface area (Å²) in [6.45, 7) is 3.42. The number of rotatable bonds is 6. The van der Waals surface area contributed by atoms with Gasteiger partial charge in [-0.25, -0.2) is 24.9 Å². The molecule has 0 fully saturated rings. The van der Waals surface area contributed by atoms with Crippen molar-refractivity contribution in [1.82, 2.24) is 24.9 Å². The molecule has 31 heavy (non-hydrogen) atoms. The first-order valence-electron chi connectivity index (χ1n) is 9.78. The third-order valence-corrected chi connectivity index (χ3v) is 4.37. The van der Waals surface area contributed by atoms with E-state index in [-0.39, 0.29) is 5.91 Å². The molecule has 4 rings (SSSR count). The maximum absolute atomic E-state index is 11.1. The van der Waals surface area contributed by atoms with Crippen molar-refractivity contribution in [3.63, 3.8) is 0 Å². The van der Waals surface area contributed by atoms with Crippen LogP contribution < -0.4 is 10.6 Å². The fourth-order valence-electron chi connectivity index (χ4n) is 3.00. The van der Waals surface area contributed by atoms with Crippen LogP contribution in [0.5, 0.6) is 0 Å². The van der Waals surface area contributed by atoms with Gasteiger partial charge >= 0.3 is 0 Å². The summed E-state index contributed by atoms with van der Waals surface area (Å²) in [5, 5.41) is 5.96. The third-order valence-electron chi connectivity index (χ3n) is 4.37. The lowest BCUT2D eigenvalue weighted by atomic mass is 10.1. The molecule has 0 unspecified atom stereocenters. The van der Waals surface area contributed by atoms with E-state index in [1.165, 1.54) is 6.92 Å². The molecule has 0 aliphatic carbocycles. The standard InChI is InChI=1S/C23H21N7O/c1-15-4-3-5-19(26-15)23-25-13-11-21(30-23)28-20-10-12-24-22(29-20)14-17-6-8-18(9-7-17)27-16(2)31/h3-13H,14H2,1-2H3,(H,27,31)(H,24,25,28,29,30). The number of pyridine rings is 1. The van der Waals surface area contributed by atoms with E-state index < -0.39 is 0 Å². The second-order valence-corrected chi connectivity index (χ2v) is 6.97. The van der Waals surface area contributed by atoms with Gasteiger partial charge in [0.05, 0.1) is 0 Å². The van der Waals surface area contributed by atoms with Gasteiger partial charge < -0.3 is 10.6 Å². The van der Waals surface area contributed by atoms with Crippen molar-refractivity contribution >= 4 is 23.2 Å². The number of nitrogens with zero attached hydrogens (tertiary/aromatic N) is 5. The number of hydrogen-bond donors (Lipinski definition) is 2. The number of aryl methyl sites for hydroxylation is 1. The molecule has 4 aromatic rings. The summed E-state index contributed by atoms with van der Waals surface area (Å²) in [4.78, 5) is 33.4. The zero-order valence-corrected chi connectivity index (χ0v) is 17.2. The lowest BCUT2D eigenvalue weighted by Crippen LogP contribution is -2.05. The Hall–Kier alpha value is -4.20. The quantitative estimate of drug-likeness (QED) is 0.495. The van der Waals surface area contributed by atoms with Gasteiger partial charge in [0.2, 0.25) is 5.91 Å². The van der Waals surface area contributed by atoms with Crippen molar-refractivity contribution in [2.75, 3.05) is 10.6 Å². The Balaban J connectivity index is 1.48. The van der Waals surface area contributed by atoms with Gasteiger partial charge in [-0.3, -0.25) is 4.79 Å². The van der Waals surface area contributed by atoms with Crippen molar-refractivity contribution < 1.29 is 4.79 Å². The average Bonchev–Trinajstić information content (AvgIpc) is 2.75. The minimum atomic E-state index is -0.0964. The molecule has 1 amide bonds. The molecule has 0 aliphatic rings. The molecule has 2 N–H and O–H groups in total. The molecule has 3 heterocycles. The number of hydrogen-bond acceptors (Lipinski definition) is 7. The Morgan fingerprint density at radius 1 is 0.871 bits per heavy atom. The van der Waals surface area contributed by atoms with E-state index in [9.17, 15) is 4.79 Å². The normalized spacial score (nSPS) is 10.5.